The number of aliphatic hydroxyl groups excluding tert-OH is 1. The number of carbonyl (C=O) groups is 1. The smallest absolute Gasteiger partial charge is 0.253 e. The van der Waals surface area contributed by atoms with Crippen LogP contribution in [0.3, 0.4) is 0 Å². The number of hydrogen-bond donors (Lipinski definition) is 2. The highest BCUT2D eigenvalue weighted by molar-refractivity contribution is 5.94. The first kappa shape index (κ1) is 12.8. The molecule has 2 aromatic heterocycles. The van der Waals surface area contributed by atoms with Gasteiger partial charge in [0, 0.05) is 18.6 Å². The average molecular weight is 272 g/mol. The van der Waals surface area contributed by atoms with Gasteiger partial charge in [0.1, 0.15) is 12.1 Å². The minimum Gasteiger partial charge on any atom is -0.394 e. The Morgan fingerprint density at radius 3 is 2.80 bits per heavy atom. The van der Waals surface area contributed by atoms with E-state index < -0.39 is 5.54 Å². The summed E-state index contributed by atoms with van der Waals surface area (Å²) in [6.45, 7) is -0.0146. The highest BCUT2D eigenvalue weighted by Crippen LogP contribution is 2.31. The van der Waals surface area contributed by atoms with E-state index in [2.05, 4.69) is 15.3 Å². The summed E-state index contributed by atoms with van der Waals surface area (Å²) in [5, 5.41) is 12.3. The summed E-state index contributed by atoms with van der Waals surface area (Å²) in [6.07, 6.45) is 9.34. The molecule has 6 heteroatoms. The van der Waals surface area contributed by atoms with Crippen LogP contribution in [0.15, 0.2) is 37.1 Å². The number of hydrogen-bond acceptors (Lipinski definition) is 4. The molecule has 2 N–H and O–H groups in total. The zero-order chi connectivity index (χ0) is 14.0. The number of aromatic nitrogens is 3. The molecule has 2 aromatic rings. The van der Waals surface area contributed by atoms with Crippen molar-refractivity contribution < 1.29 is 9.90 Å². The minimum atomic E-state index is -0.430. The lowest BCUT2D eigenvalue weighted by molar-refractivity contribution is 0.0641. The van der Waals surface area contributed by atoms with Gasteiger partial charge in [-0.25, -0.2) is 9.97 Å². The van der Waals surface area contributed by atoms with Crippen molar-refractivity contribution in [2.75, 3.05) is 6.61 Å². The molecule has 3 rings (SSSR count). The molecule has 0 spiro atoms. The summed E-state index contributed by atoms with van der Waals surface area (Å²) >= 11 is 0. The van der Waals surface area contributed by atoms with Crippen molar-refractivity contribution in [2.24, 2.45) is 0 Å². The van der Waals surface area contributed by atoms with Gasteiger partial charge in [-0.1, -0.05) is 0 Å². The lowest BCUT2D eigenvalue weighted by atomic mass is 9.77. The van der Waals surface area contributed by atoms with E-state index in [1.165, 1.54) is 6.20 Å². The van der Waals surface area contributed by atoms with Crippen molar-refractivity contribution in [1.29, 1.82) is 0 Å². The van der Waals surface area contributed by atoms with Crippen LogP contribution in [-0.4, -0.2) is 37.7 Å². The number of aliphatic hydroxyl groups is 1. The van der Waals surface area contributed by atoms with Gasteiger partial charge in [-0.15, -0.1) is 0 Å². The van der Waals surface area contributed by atoms with Crippen molar-refractivity contribution in [1.82, 2.24) is 19.9 Å². The molecule has 0 aromatic carbocycles. The molecule has 1 fully saturated rings. The van der Waals surface area contributed by atoms with E-state index in [9.17, 15) is 9.90 Å². The molecule has 0 bridgehead atoms. The average Bonchev–Trinajstić information content (AvgIpc) is 2.97. The molecule has 1 aliphatic carbocycles. The largest absolute Gasteiger partial charge is 0.394 e. The third-order valence-corrected chi connectivity index (χ3v) is 3.77. The number of imidazole rings is 1. The van der Waals surface area contributed by atoms with Crippen molar-refractivity contribution in [2.45, 2.75) is 24.8 Å². The van der Waals surface area contributed by atoms with E-state index in [-0.39, 0.29) is 12.5 Å². The first-order valence-electron chi connectivity index (χ1n) is 6.60. The van der Waals surface area contributed by atoms with Gasteiger partial charge in [0.05, 0.1) is 17.7 Å². The van der Waals surface area contributed by atoms with Crippen LogP contribution in [0.25, 0.3) is 5.82 Å². The highest BCUT2D eigenvalue weighted by atomic mass is 16.3. The second kappa shape index (κ2) is 5.05. The summed E-state index contributed by atoms with van der Waals surface area (Å²) < 4.78 is 1.77. The number of amides is 1. The monoisotopic (exact) mass is 272 g/mol. The van der Waals surface area contributed by atoms with Crippen molar-refractivity contribution >= 4 is 5.91 Å². The lowest BCUT2D eigenvalue weighted by Gasteiger charge is -2.40. The molecule has 0 radical (unpaired) electrons. The Kier molecular flexibility index (Phi) is 3.23. The molecule has 0 atom stereocenters. The van der Waals surface area contributed by atoms with Crippen LogP contribution < -0.4 is 5.32 Å². The normalized spacial score (nSPS) is 16.4. The standard InChI is InChI=1S/C14H16N4O2/c19-9-14(4-1-5-14)17-13(20)11-2-3-12(16-8-11)18-7-6-15-10-18/h2-3,6-8,10,19H,1,4-5,9H2,(H,17,20). The molecular weight excluding hydrogens is 256 g/mol. The van der Waals surface area contributed by atoms with Crippen molar-refractivity contribution in [3.63, 3.8) is 0 Å². The number of carbonyl (C=O) groups excluding carboxylic acids is 1. The Bertz CT molecular complexity index is 583. The Morgan fingerprint density at radius 1 is 1.45 bits per heavy atom. The highest BCUT2D eigenvalue weighted by Gasteiger charge is 2.37. The Morgan fingerprint density at radius 2 is 2.30 bits per heavy atom. The number of nitrogens with zero attached hydrogens (tertiary/aromatic N) is 3. The van der Waals surface area contributed by atoms with Crippen LogP contribution in [-0.2, 0) is 0 Å². The SMILES string of the molecule is O=C(NC1(CO)CCC1)c1ccc(-n2ccnc2)nc1. The van der Waals surface area contributed by atoms with E-state index in [1.54, 1.807) is 35.4 Å². The summed E-state index contributed by atoms with van der Waals surface area (Å²) in [7, 11) is 0. The molecule has 104 valence electrons. The fraction of sp³-hybridized carbons (Fsp3) is 0.357. The summed E-state index contributed by atoms with van der Waals surface area (Å²) in [5.74, 6) is 0.517. The summed E-state index contributed by atoms with van der Waals surface area (Å²) in [4.78, 5) is 20.3. The van der Waals surface area contributed by atoms with Gasteiger partial charge >= 0.3 is 0 Å². The molecule has 1 aliphatic rings. The minimum absolute atomic E-state index is 0.0146. The zero-order valence-electron chi connectivity index (χ0n) is 11.0. The van der Waals surface area contributed by atoms with Crippen molar-refractivity contribution in [3.8, 4) is 5.82 Å². The molecule has 2 heterocycles. The van der Waals surface area contributed by atoms with Gasteiger partial charge in [0.2, 0.25) is 0 Å². The van der Waals surface area contributed by atoms with Gasteiger partial charge in [0.25, 0.3) is 5.91 Å². The molecule has 0 saturated heterocycles. The Labute approximate surface area is 116 Å². The van der Waals surface area contributed by atoms with Gasteiger partial charge < -0.3 is 10.4 Å². The first-order chi connectivity index (χ1) is 9.72. The van der Waals surface area contributed by atoms with Crippen LogP contribution in [0.1, 0.15) is 29.6 Å². The van der Waals surface area contributed by atoms with Gasteiger partial charge in [-0.2, -0.15) is 0 Å². The van der Waals surface area contributed by atoms with Crippen molar-refractivity contribution in [3.05, 3.63) is 42.6 Å². The molecule has 0 aliphatic heterocycles. The quantitative estimate of drug-likeness (QED) is 0.867. The number of nitrogens with one attached hydrogen (secondary N) is 1. The molecule has 0 unspecified atom stereocenters. The van der Waals surface area contributed by atoms with Crippen LogP contribution in [0, 0.1) is 0 Å². The van der Waals surface area contributed by atoms with Gasteiger partial charge in [-0.05, 0) is 31.4 Å². The molecule has 6 nitrogen and oxygen atoms in total. The third-order valence-electron chi connectivity index (χ3n) is 3.77. The van der Waals surface area contributed by atoms with Crippen LogP contribution >= 0.6 is 0 Å². The number of rotatable bonds is 4. The maximum absolute atomic E-state index is 12.1. The molecular formula is C14H16N4O2. The Balaban J connectivity index is 1.73. The van der Waals surface area contributed by atoms with Crippen LogP contribution in [0.4, 0.5) is 0 Å². The topological polar surface area (TPSA) is 80.0 Å². The van der Waals surface area contributed by atoms with E-state index in [0.29, 0.717) is 11.4 Å². The predicted molar refractivity (Wildman–Crippen MR) is 72.5 cm³/mol. The van der Waals surface area contributed by atoms with E-state index in [4.69, 9.17) is 0 Å². The van der Waals surface area contributed by atoms with E-state index >= 15 is 0 Å². The Hall–Kier alpha value is -2.21. The fourth-order valence-corrected chi connectivity index (χ4v) is 2.31. The van der Waals surface area contributed by atoms with E-state index in [0.717, 1.165) is 19.3 Å². The van der Waals surface area contributed by atoms with Gasteiger partial charge in [0.15, 0.2) is 0 Å². The number of pyridine rings is 1. The van der Waals surface area contributed by atoms with E-state index in [1.807, 2.05) is 0 Å². The molecule has 1 amide bonds. The predicted octanol–water partition coefficient (Wildman–Crippen LogP) is 0.912. The third kappa shape index (κ3) is 2.30. The lowest BCUT2D eigenvalue weighted by Crippen LogP contribution is -2.56. The maximum atomic E-state index is 12.1. The first-order valence-corrected chi connectivity index (χ1v) is 6.60. The maximum Gasteiger partial charge on any atom is 0.253 e. The fourth-order valence-electron chi connectivity index (χ4n) is 2.31. The summed E-state index contributed by atoms with van der Waals surface area (Å²) in [5.41, 5.74) is 0.0636. The molecule has 20 heavy (non-hydrogen) atoms. The summed E-state index contributed by atoms with van der Waals surface area (Å²) in [6, 6.07) is 3.49. The van der Waals surface area contributed by atoms with Gasteiger partial charge in [-0.3, -0.25) is 9.36 Å². The molecule has 1 saturated carbocycles. The second-order valence-electron chi connectivity index (χ2n) is 5.12. The zero-order valence-corrected chi connectivity index (χ0v) is 11.0. The van der Waals surface area contributed by atoms with Crippen LogP contribution in [0.5, 0.6) is 0 Å². The van der Waals surface area contributed by atoms with Crippen LogP contribution in [0.2, 0.25) is 0 Å². The second-order valence-corrected chi connectivity index (χ2v) is 5.12.